The molecule has 0 fully saturated rings. The molecule has 2 N–H and O–H groups in total. The van der Waals surface area contributed by atoms with E-state index in [-0.39, 0.29) is 0 Å². The fraction of sp³-hybridized carbons (Fsp3) is 0.400. The molecule has 0 spiro atoms. The van der Waals surface area contributed by atoms with E-state index in [0.29, 0.717) is 11.9 Å². The maximum Gasteiger partial charge on any atom is 0.245 e. The van der Waals surface area contributed by atoms with Crippen LogP contribution in [0.2, 0.25) is 0 Å². The van der Waals surface area contributed by atoms with E-state index < -0.39 is 0 Å². The summed E-state index contributed by atoms with van der Waals surface area (Å²) in [6.07, 6.45) is 5.29. The normalized spacial score (nSPS) is 14.9. The first-order chi connectivity index (χ1) is 7.16. The van der Waals surface area contributed by atoms with Gasteiger partial charge in [-0.05, 0) is 18.9 Å². The van der Waals surface area contributed by atoms with Crippen LogP contribution < -0.4 is 10.2 Å². The predicted molar refractivity (Wildman–Crippen MR) is 60.8 cm³/mol. The number of nitrogens with zero attached hydrogens (tertiary/aromatic N) is 3. The molecule has 0 aromatic carbocycles. The van der Waals surface area contributed by atoms with Gasteiger partial charge in [-0.2, -0.15) is 4.98 Å². The molecule has 80 valence electrons. The first-order valence-electron chi connectivity index (χ1n) is 4.91. The highest BCUT2D eigenvalue weighted by Gasteiger charge is 2.09. The largest absolute Gasteiger partial charge is 0.346 e. The fourth-order valence-electron chi connectivity index (χ4n) is 1.41. The van der Waals surface area contributed by atoms with Gasteiger partial charge in [-0.25, -0.2) is 5.10 Å². The van der Waals surface area contributed by atoms with Crippen LogP contribution in [0.4, 0.5) is 11.9 Å². The van der Waals surface area contributed by atoms with Gasteiger partial charge >= 0.3 is 0 Å². The van der Waals surface area contributed by atoms with Crippen LogP contribution in [-0.2, 0) is 0 Å². The molecular formula is C10H15N5. The van der Waals surface area contributed by atoms with E-state index in [0.717, 1.165) is 12.1 Å². The van der Waals surface area contributed by atoms with Gasteiger partial charge in [0.05, 0.1) is 0 Å². The number of rotatable bonds is 3. The number of hydrogen-bond acceptors (Lipinski definition) is 4. The first-order valence-corrected chi connectivity index (χ1v) is 4.91. The molecule has 5 nitrogen and oxygen atoms in total. The Bertz CT molecular complexity index is 413. The van der Waals surface area contributed by atoms with Crippen LogP contribution in [0.3, 0.4) is 0 Å². The van der Waals surface area contributed by atoms with E-state index in [1.54, 1.807) is 0 Å². The minimum absolute atomic E-state index is 0.678. The fourth-order valence-corrected chi connectivity index (χ4v) is 1.41. The SMILES string of the molecule is CC1=CCC=C1Nc1nc(N(C)C)n[nH]1. The Morgan fingerprint density at radius 1 is 1.40 bits per heavy atom. The minimum Gasteiger partial charge on any atom is -0.346 e. The summed E-state index contributed by atoms with van der Waals surface area (Å²) in [5.41, 5.74) is 2.36. The van der Waals surface area contributed by atoms with Gasteiger partial charge in [0.1, 0.15) is 0 Å². The molecule has 1 aliphatic carbocycles. The van der Waals surface area contributed by atoms with E-state index in [9.17, 15) is 0 Å². The van der Waals surface area contributed by atoms with Crippen molar-refractivity contribution < 1.29 is 0 Å². The third-order valence-corrected chi connectivity index (χ3v) is 2.30. The second kappa shape index (κ2) is 3.76. The van der Waals surface area contributed by atoms with Crippen molar-refractivity contribution in [3.63, 3.8) is 0 Å². The second-order valence-electron chi connectivity index (χ2n) is 3.74. The standard InChI is InChI=1S/C10H15N5/c1-7-5-4-6-8(7)11-9-12-10(14-13-9)15(2)3/h5-6H,4H2,1-3H3,(H2,11,12,13,14). The zero-order valence-electron chi connectivity index (χ0n) is 9.20. The van der Waals surface area contributed by atoms with E-state index in [1.807, 2.05) is 19.0 Å². The summed E-state index contributed by atoms with van der Waals surface area (Å²) < 4.78 is 0. The van der Waals surface area contributed by atoms with E-state index >= 15 is 0 Å². The Hall–Kier alpha value is -1.78. The summed E-state index contributed by atoms with van der Waals surface area (Å²) in [4.78, 5) is 6.14. The molecule has 5 heteroatoms. The first kappa shape index (κ1) is 9.76. The van der Waals surface area contributed by atoms with Gasteiger partial charge in [-0.15, -0.1) is 5.10 Å². The third kappa shape index (κ3) is 2.01. The highest BCUT2D eigenvalue weighted by atomic mass is 15.4. The monoisotopic (exact) mass is 205 g/mol. The average Bonchev–Trinajstić information content (AvgIpc) is 2.77. The van der Waals surface area contributed by atoms with Crippen molar-refractivity contribution in [1.82, 2.24) is 15.2 Å². The lowest BCUT2D eigenvalue weighted by molar-refractivity contribution is 0.998. The lowest BCUT2D eigenvalue weighted by Gasteiger charge is -2.05. The topological polar surface area (TPSA) is 56.8 Å². The van der Waals surface area contributed by atoms with Gasteiger partial charge < -0.3 is 10.2 Å². The molecule has 0 saturated carbocycles. The number of H-pyrrole nitrogens is 1. The Kier molecular flexibility index (Phi) is 2.45. The molecule has 0 atom stereocenters. The van der Waals surface area contributed by atoms with E-state index in [1.165, 1.54) is 5.57 Å². The molecule has 15 heavy (non-hydrogen) atoms. The van der Waals surface area contributed by atoms with Gasteiger partial charge in [0.15, 0.2) is 0 Å². The maximum atomic E-state index is 4.29. The summed E-state index contributed by atoms with van der Waals surface area (Å²) >= 11 is 0. The molecule has 0 saturated heterocycles. The Balaban J connectivity index is 2.08. The van der Waals surface area contributed by atoms with Crippen molar-refractivity contribution in [2.75, 3.05) is 24.3 Å². The number of hydrogen-bond donors (Lipinski definition) is 2. The minimum atomic E-state index is 0.678. The molecule has 0 bridgehead atoms. The summed E-state index contributed by atoms with van der Waals surface area (Å²) in [5.74, 6) is 1.36. The van der Waals surface area contributed by atoms with Crippen molar-refractivity contribution in [3.8, 4) is 0 Å². The summed E-state index contributed by atoms with van der Waals surface area (Å²) in [6.45, 7) is 2.08. The highest BCUT2D eigenvalue weighted by Crippen LogP contribution is 2.19. The van der Waals surface area contributed by atoms with Crippen LogP contribution in [-0.4, -0.2) is 29.3 Å². The van der Waals surface area contributed by atoms with Gasteiger partial charge in [-0.1, -0.05) is 12.2 Å². The van der Waals surface area contributed by atoms with Gasteiger partial charge in [0.25, 0.3) is 0 Å². The number of aromatic amines is 1. The molecule has 1 heterocycles. The van der Waals surface area contributed by atoms with Crippen molar-refractivity contribution in [3.05, 3.63) is 23.4 Å². The number of allylic oxidation sites excluding steroid dienone is 3. The van der Waals surface area contributed by atoms with Crippen LogP contribution in [0, 0.1) is 0 Å². The molecule has 0 amide bonds. The van der Waals surface area contributed by atoms with Crippen LogP contribution in [0.5, 0.6) is 0 Å². The van der Waals surface area contributed by atoms with Gasteiger partial charge in [-0.3, -0.25) is 0 Å². The quantitative estimate of drug-likeness (QED) is 0.785. The average molecular weight is 205 g/mol. The highest BCUT2D eigenvalue weighted by molar-refractivity contribution is 5.48. The lowest BCUT2D eigenvalue weighted by atomic mass is 10.3. The van der Waals surface area contributed by atoms with Crippen LogP contribution in [0.1, 0.15) is 13.3 Å². The zero-order valence-corrected chi connectivity index (χ0v) is 9.20. The summed E-state index contributed by atoms with van der Waals surface area (Å²) in [5, 5.41) is 10.1. The predicted octanol–water partition coefficient (Wildman–Crippen LogP) is 1.52. The third-order valence-electron chi connectivity index (χ3n) is 2.30. The summed E-state index contributed by atoms with van der Waals surface area (Å²) in [6, 6.07) is 0. The molecule has 2 rings (SSSR count). The molecule has 1 aromatic heterocycles. The van der Waals surface area contributed by atoms with Crippen molar-refractivity contribution >= 4 is 11.9 Å². The summed E-state index contributed by atoms with van der Waals surface area (Å²) in [7, 11) is 3.82. The Labute approximate surface area is 88.9 Å². The van der Waals surface area contributed by atoms with Crippen LogP contribution in [0.25, 0.3) is 0 Å². The number of nitrogens with one attached hydrogen (secondary N) is 2. The van der Waals surface area contributed by atoms with Crippen LogP contribution >= 0.6 is 0 Å². The number of anilines is 2. The molecular weight excluding hydrogens is 190 g/mol. The van der Waals surface area contributed by atoms with Gasteiger partial charge in [0.2, 0.25) is 11.9 Å². The van der Waals surface area contributed by atoms with E-state index in [4.69, 9.17) is 0 Å². The van der Waals surface area contributed by atoms with Crippen molar-refractivity contribution in [2.45, 2.75) is 13.3 Å². The Morgan fingerprint density at radius 2 is 2.20 bits per heavy atom. The zero-order chi connectivity index (χ0) is 10.8. The number of aromatic nitrogens is 3. The van der Waals surface area contributed by atoms with Crippen molar-refractivity contribution in [2.24, 2.45) is 0 Å². The van der Waals surface area contributed by atoms with Gasteiger partial charge in [0, 0.05) is 19.8 Å². The smallest absolute Gasteiger partial charge is 0.245 e. The van der Waals surface area contributed by atoms with Crippen LogP contribution in [0.15, 0.2) is 23.4 Å². The molecule has 1 aliphatic rings. The van der Waals surface area contributed by atoms with Crippen molar-refractivity contribution in [1.29, 1.82) is 0 Å². The maximum absolute atomic E-state index is 4.29. The molecule has 0 radical (unpaired) electrons. The molecule has 1 aromatic rings. The second-order valence-corrected chi connectivity index (χ2v) is 3.74. The van der Waals surface area contributed by atoms with E-state index in [2.05, 4.69) is 39.6 Å². The lowest BCUT2D eigenvalue weighted by Crippen LogP contribution is -2.10. The molecule has 0 aliphatic heterocycles. The Morgan fingerprint density at radius 3 is 2.73 bits per heavy atom. The molecule has 0 unspecified atom stereocenters.